The van der Waals surface area contributed by atoms with Crippen molar-refractivity contribution in [2.24, 2.45) is 0 Å². The molecule has 2 saturated heterocycles. The van der Waals surface area contributed by atoms with Gasteiger partial charge in [0, 0.05) is 18.8 Å². The second-order valence-corrected chi connectivity index (χ2v) is 10.3. The van der Waals surface area contributed by atoms with Crippen LogP contribution in [0.4, 0.5) is 17.1 Å². The number of para-hydroxylation sites is 3. The molecule has 160 valence electrons. The van der Waals surface area contributed by atoms with Crippen molar-refractivity contribution in [3.8, 4) is 0 Å². The van der Waals surface area contributed by atoms with Crippen molar-refractivity contribution in [3.63, 3.8) is 0 Å². The SMILES string of the molecule is O=C(CNc1ccccc1N1CCCCC1)N(c1ccccc1)C1CCS(=O)(=O)C1. The summed E-state index contributed by atoms with van der Waals surface area (Å²) in [5.41, 5.74) is 2.82. The van der Waals surface area contributed by atoms with Gasteiger partial charge in [-0.15, -0.1) is 0 Å². The molecule has 0 saturated carbocycles. The van der Waals surface area contributed by atoms with Crippen molar-refractivity contribution >= 4 is 32.8 Å². The molecule has 2 aliphatic rings. The molecule has 1 amide bonds. The summed E-state index contributed by atoms with van der Waals surface area (Å²) in [5.74, 6) is 0.0501. The largest absolute Gasteiger partial charge is 0.374 e. The van der Waals surface area contributed by atoms with Gasteiger partial charge in [0.05, 0.1) is 35.5 Å². The number of benzene rings is 2. The lowest BCUT2D eigenvalue weighted by atomic mass is 10.1. The van der Waals surface area contributed by atoms with Gasteiger partial charge in [-0.2, -0.15) is 0 Å². The fourth-order valence-corrected chi connectivity index (χ4v) is 6.12. The highest BCUT2D eigenvalue weighted by molar-refractivity contribution is 7.91. The zero-order valence-electron chi connectivity index (χ0n) is 17.2. The number of amides is 1. The fourth-order valence-electron chi connectivity index (χ4n) is 4.42. The number of carbonyl (C=O) groups excluding carboxylic acids is 1. The van der Waals surface area contributed by atoms with Crippen LogP contribution in [0.15, 0.2) is 54.6 Å². The van der Waals surface area contributed by atoms with E-state index in [0.717, 1.165) is 30.2 Å². The molecule has 4 rings (SSSR count). The van der Waals surface area contributed by atoms with Crippen LogP contribution >= 0.6 is 0 Å². The van der Waals surface area contributed by atoms with Gasteiger partial charge in [-0.25, -0.2) is 8.42 Å². The minimum atomic E-state index is -3.09. The van der Waals surface area contributed by atoms with Gasteiger partial charge in [0.1, 0.15) is 0 Å². The maximum absolute atomic E-state index is 13.3. The smallest absolute Gasteiger partial charge is 0.246 e. The van der Waals surface area contributed by atoms with E-state index in [1.807, 2.05) is 48.5 Å². The second-order valence-electron chi connectivity index (χ2n) is 8.07. The Bertz CT molecular complexity index is 972. The van der Waals surface area contributed by atoms with Crippen molar-refractivity contribution < 1.29 is 13.2 Å². The Labute approximate surface area is 178 Å². The first-order chi connectivity index (χ1) is 14.5. The third-order valence-corrected chi connectivity index (χ3v) is 7.66. The van der Waals surface area contributed by atoms with E-state index in [2.05, 4.69) is 16.3 Å². The Morgan fingerprint density at radius 1 is 1.00 bits per heavy atom. The van der Waals surface area contributed by atoms with E-state index in [4.69, 9.17) is 0 Å². The molecule has 0 radical (unpaired) electrons. The molecule has 2 fully saturated rings. The number of hydrogen-bond acceptors (Lipinski definition) is 5. The first kappa shape index (κ1) is 20.7. The average molecular weight is 428 g/mol. The van der Waals surface area contributed by atoms with Gasteiger partial charge in [-0.3, -0.25) is 4.79 Å². The van der Waals surface area contributed by atoms with Crippen LogP contribution in [0.3, 0.4) is 0 Å². The van der Waals surface area contributed by atoms with Gasteiger partial charge in [0.15, 0.2) is 9.84 Å². The van der Waals surface area contributed by atoms with E-state index < -0.39 is 9.84 Å². The minimum Gasteiger partial charge on any atom is -0.374 e. The fraction of sp³-hybridized carbons (Fsp3) is 0.435. The Morgan fingerprint density at radius 2 is 1.70 bits per heavy atom. The minimum absolute atomic E-state index is 0.0258. The predicted molar refractivity (Wildman–Crippen MR) is 122 cm³/mol. The number of nitrogens with zero attached hydrogens (tertiary/aromatic N) is 2. The van der Waals surface area contributed by atoms with E-state index >= 15 is 0 Å². The molecule has 1 atom stereocenters. The van der Waals surface area contributed by atoms with Crippen LogP contribution < -0.4 is 15.1 Å². The summed E-state index contributed by atoms with van der Waals surface area (Å²) in [6, 6.07) is 17.1. The molecular formula is C23H29N3O3S. The Kier molecular flexibility index (Phi) is 6.27. The lowest BCUT2D eigenvalue weighted by Crippen LogP contribution is -2.44. The summed E-state index contributed by atoms with van der Waals surface area (Å²) in [6.07, 6.45) is 4.12. The van der Waals surface area contributed by atoms with E-state index in [0.29, 0.717) is 6.42 Å². The lowest BCUT2D eigenvalue weighted by molar-refractivity contribution is -0.117. The van der Waals surface area contributed by atoms with Crippen molar-refractivity contribution in [2.75, 3.05) is 46.3 Å². The number of hydrogen-bond donors (Lipinski definition) is 1. The quantitative estimate of drug-likeness (QED) is 0.766. The topological polar surface area (TPSA) is 69.7 Å². The van der Waals surface area contributed by atoms with Crippen molar-refractivity contribution in [3.05, 3.63) is 54.6 Å². The average Bonchev–Trinajstić information content (AvgIpc) is 3.13. The molecule has 2 aromatic rings. The number of piperidine rings is 1. The monoisotopic (exact) mass is 427 g/mol. The summed E-state index contributed by atoms with van der Waals surface area (Å²) >= 11 is 0. The number of nitrogens with one attached hydrogen (secondary N) is 1. The molecule has 0 aliphatic carbocycles. The molecule has 6 nitrogen and oxygen atoms in total. The van der Waals surface area contributed by atoms with Gasteiger partial charge in [0.2, 0.25) is 5.91 Å². The van der Waals surface area contributed by atoms with Gasteiger partial charge in [0.25, 0.3) is 0 Å². The van der Waals surface area contributed by atoms with Crippen LogP contribution in [-0.2, 0) is 14.6 Å². The van der Waals surface area contributed by atoms with Crippen molar-refractivity contribution in [1.82, 2.24) is 0 Å². The molecule has 1 N–H and O–H groups in total. The number of anilines is 3. The van der Waals surface area contributed by atoms with Crippen molar-refractivity contribution in [1.29, 1.82) is 0 Å². The molecule has 2 aromatic carbocycles. The number of carbonyl (C=O) groups is 1. The summed E-state index contributed by atoms with van der Waals surface area (Å²) in [4.78, 5) is 17.3. The lowest BCUT2D eigenvalue weighted by Gasteiger charge is -2.31. The Morgan fingerprint density at radius 3 is 2.40 bits per heavy atom. The zero-order valence-corrected chi connectivity index (χ0v) is 18.0. The Hall–Kier alpha value is -2.54. The highest BCUT2D eigenvalue weighted by Crippen LogP contribution is 2.29. The molecule has 1 unspecified atom stereocenters. The van der Waals surface area contributed by atoms with Crippen molar-refractivity contribution in [2.45, 2.75) is 31.7 Å². The van der Waals surface area contributed by atoms with Crippen LogP contribution in [0.1, 0.15) is 25.7 Å². The standard InChI is InChI=1S/C23H29N3O3S/c27-23(17-24-21-11-5-6-12-22(21)25-14-7-2-8-15-25)26(19-9-3-1-4-10-19)20-13-16-30(28,29)18-20/h1,3-6,9-12,20,24H,2,7-8,13-18H2. The maximum Gasteiger partial charge on any atom is 0.246 e. The summed E-state index contributed by atoms with van der Waals surface area (Å²) < 4.78 is 24.1. The van der Waals surface area contributed by atoms with Crippen LogP contribution in [0.5, 0.6) is 0 Å². The first-order valence-corrected chi connectivity index (χ1v) is 12.5. The molecular weight excluding hydrogens is 398 g/mol. The number of sulfone groups is 1. The number of rotatable bonds is 6. The zero-order chi connectivity index (χ0) is 21.0. The van der Waals surface area contributed by atoms with Crippen LogP contribution in [-0.4, -0.2) is 51.5 Å². The van der Waals surface area contributed by atoms with Gasteiger partial charge in [-0.05, 0) is 49.9 Å². The van der Waals surface area contributed by atoms with Crippen LogP contribution in [0, 0.1) is 0 Å². The van der Waals surface area contributed by atoms with E-state index in [9.17, 15) is 13.2 Å². The van der Waals surface area contributed by atoms with E-state index in [-0.39, 0.29) is 30.0 Å². The molecule has 7 heteroatoms. The van der Waals surface area contributed by atoms with Crippen LogP contribution in [0.25, 0.3) is 0 Å². The third kappa shape index (κ3) is 4.78. The highest BCUT2D eigenvalue weighted by atomic mass is 32.2. The molecule has 0 aromatic heterocycles. The van der Waals surface area contributed by atoms with E-state index in [1.165, 1.54) is 19.3 Å². The van der Waals surface area contributed by atoms with Gasteiger partial charge < -0.3 is 15.1 Å². The molecule has 0 spiro atoms. The third-order valence-electron chi connectivity index (χ3n) is 5.91. The van der Waals surface area contributed by atoms with Gasteiger partial charge >= 0.3 is 0 Å². The van der Waals surface area contributed by atoms with E-state index in [1.54, 1.807) is 4.90 Å². The second kappa shape index (κ2) is 9.08. The molecule has 2 heterocycles. The molecule has 0 bridgehead atoms. The predicted octanol–water partition coefficient (Wildman–Crippen LogP) is 3.31. The summed E-state index contributed by atoms with van der Waals surface area (Å²) in [5, 5.41) is 3.32. The molecule has 30 heavy (non-hydrogen) atoms. The maximum atomic E-state index is 13.3. The van der Waals surface area contributed by atoms with Gasteiger partial charge in [-0.1, -0.05) is 30.3 Å². The van der Waals surface area contributed by atoms with Crippen LogP contribution in [0.2, 0.25) is 0 Å². The Balaban J connectivity index is 1.51. The summed E-state index contributed by atoms with van der Waals surface area (Å²) in [7, 11) is -3.09. The first-order valence-electron chi connectivity index (χ1n) is 10.7. The summed E-state index contributed by atoms with van der Waals surface area (Å²) in [6.45, 7) is 2.18. The normalized spacial score (nSPS) is 20.7. The highest BCUT2D eigenvalue weighted by Gasteiger charge is 2.35. The molecule has 2 aliphatic heterocycles.